The molecule has 10 heteroatoms. The number of halogens is 4. The molecule has 1 heterocycles. The van der Waals surface area contributed by atoms with Crippen molar-refractivity contribution in [3.05, 3.63) is 69.2 Å². The molecular formula is C25H20Br2Cl2N2O4. The molecule has 2 bridgehead atoms. The van der Waals surface area contributed by atoms with Crippen LogP contribution in [0.3, 0.4) is 0 Å². The summed E-state index contributed by atoms with van der Waals surface area (Å²) >= 11 is 19.6. The fourth-order valence-corrected chi connectivity index (χ4v) is 7.94. The number of fused-ring (bicyclic) bond motifs is 5. The predicted octanol–water partition coefficient (Wildman–Crippen LogP) is 5.32. The van der Waals surface area contributed by atoms with Crippen LogP contribution in [0, 0.1) is 30.6 Å². The molecule has 0 N–H and O–H groups in total. The first-order valence-corrected chi connectivity index (χ1v) is 13.7. The lowest BCUT2D eigenvalue weighted by molar-refractivity contribution is -0.154. The standard InChI is InChI=1S/C25H20Br2Cl2N2O4/c1-11-2-4-12(5-3-11)18(32)10-30(23(33)14-7-6-13(28)8-17(14)29)31-24(34)19-15-9-16(20(19)25(31)35)22(27)21(15)26/h2-8,15-16,19-22H,9-10H2,1H3/t15-,16-,19-,20+,21-,22+/m1/s1. The first kappa shape index (κ1) is 24.9. The summed E-state index contributed by atoms with van der Waals surface area (Å²) in [6, 6.07) is 11.2. The number of aryl methyl sites for hydroxylation is 1. The number of hydrazine groups is 1. The summed E-state index contributed by atoms with van der Waals surface area (Å²) in [6.45, 7) is 1.41. The summed E-state index contributed by atoms with van der Waals surface area (Å²) in [7, 11) is 0. The highest BCUT2D eigenvalue weighted by molar-refractivity contribution is 9.12. The van der Waals surface area contributed by atoms with Gasteiger partial charge in [0.2, 0.25) is 0 Å². The zero-order valence-electron chi connectivity index (χ0n) is 18.5. The Labute approximate surface area is 229 Å². The minimum atomic E-state index is -0.716. The third-order valence-electron chi connectivity index (χ3n) is 7.27. The van der Waals surface area contributed by atoms with E-state index in [9.17, 15) is 19.2 Å². The summed E-state index contributed by atoms with van der Waals surface area (Å²) in [6.07, 6.45) is 0.756. The molecule has 1 aliphatic heterocycles. The van der Waals surface area contributed by atoms with Crippen LogP contribution in [0.25, 0.3) is 0 Å². The predicted molar refractivity (Wildman–Crippen MR) is 139 cm³/mol. The molecule has 2 saturated carbocycles. The number of Topliss-reactive ketones (excluding diaryl/α,β-unsaturated/α-hetero) is 1. The number of imide groups is 1. The van der Waals surface area contributed by atoms with Crippen LogP contribution >= 0.6 is 55.1 Å². The summed E-state index contributed by atoms with van der Waals surface area (Å²) < 4.78 is 0. The van der Waals surface area contributed by atoms with Gasteiger partial charge in [-0.15, -0.1) is 0 Å². The molecule has 0 radical (unpaired) electrons. The summed E-state index contributed by atoms with van der Waals surface area (Å²) in [4.78, 5) is 54.2. The van der Waals surface area contributed by atoms with Crippen LogP contribution in [-0.2, 0) is 9.59 Å². The van der Waals surface area contributed by atoms with E-state index in [0.717, 1.165) is 22.0 Å². The fraction of sp³-hybridized carbons (Fsp3) is 0.360. The molecule has 1 saturated heterocycles. The van der Waals surface area contributed by atoms with Crippen molar-refractivity contribution >= 4 is 78.6 Å². The summed E-state index contributed by atoms with van der Waals surface area (Å²) in [5, 5.41) is 2.24. The number of amides is 3. The second kappa shape index (κ2) is 9.29. The Morgan fingerprint density at radius 2 is 1.54 bits per heavy atom. The van der Waals surface area contributed by atoms with Crippen molar-refractivity contribution in [1.29, 1.82) is 0 Å². The number of rotatable bonds is 5. The number of hydrogen-bond donors (Lipinski definition) is 0. The highest BCUT2D eigenvalue weighted by atomic mass is 79.9. The van der Waals surface area contributed by atoms with Gasteiger partial charge in [0.25, 0.3) is 17.7 Å². The zero-order chi connectivity index (χ0) is 25.2. The van der Waals surface area contributed by atoms with Gasteiger partial charge in [-0.05, 0) is 43.4 Å². The van der Waals surface area contributed by atoms with Gasteiger partial charge in [-0.25, -0.2) is 5.01 Å². The van der Waals surface area contributed by atoms with Gasteiger partial charge < -0.3 is 0 Å². The van der Waals surface area contributed by atoms with E-state index in [1.807, 2.05) is 6.92 Å². The van der Waals surface area contributed by atoms with E-state index in [1.165, 1.54) is 18.2 Å². The Morgan fingerprint density at radius 1 is 0.971 bits per heavy atom. The minimum absolute atomic E-state index is 0.0281. The number of benzene rings is 2. The topological polar surface area (TPSA) is 74.8 Å². The lowest BCUT2D eigenvalue weighted by Crippen LogP contribution is -2.52. The monoisotopic (exact) mass is 640 g/mol. The number of carbonyl (C=O) groups is 4. The van der Waals surface area contributed by atoms with Crippen molar-refractivity contribution in [3.63, 3.8) is 0 Å². The van der Waals surface area contributed by atoms with Crippen molar-refractivity contribution < 1.29 is 19.2 Å². The Morgan fingerprint density at radius 3 is 2.09 bits per heavy atom. The average Bonchev–Trinajstić information content (AvgIpc) is 3.42. The number of nitrogens with zero attached hydrogens (tertiary/aromatic N) is 2. The number of alkyl halides is 2. The molecule has 0 unspecified atom stereocenters. The molecule has 182 valence electrons. The van der Waals surface area contributed by atoms with Crippen LogP contribution in [0.15, 0.2) is 42.5 Å². The molecule has 35 heavy (non-hydrogen) atoms. The third kappa shape index (κ3) is 4.06. The highest BCUT2D eigenvalue weighted by Crippen LogP contribution is 2.60. The Balaban J connectivity index is 1.53. The van der Waals surface area contributed by atoms with Crippen LogP contribution in [0.4, 0.5) is 0 Å². The van der Waals surface area contributed by atoms with E-state index >= 15 is 0 Å². The lowest BCUT2D eigenvalue weighted by atomic mass is 9.81. The molecule has 2 aliphatic carbocycles. The van der Waals surface area contributed by atoms with Gasteiger partial charge >= 0.3 is 0 Å². The number of ketones is 1. The van der Waals surface area contributed by atoms with Gasteiger partial charge in [0.1, 0.15) is 6.54 Å². The van der Waals surface area contributed by atoms with Gasteiger partial charge in [0.15, 0.2) is 5.78 Å². The van der Waals surface area contributed by atoms with Crippen molar-refractivity contribution in [2.45, 2.75) is 23.0 Å². The third-order valence-corrected chi connectivity index (χ3v) is 11.0. The van der Waals surface area contributed by atoms with Crippen molar-refractivity contribution in [2.75, 3.05) is 6.54 Å². The second-order valence-corrected chi connectivity index (χ2v) is 12.2. The smallest absolute Gasteiger partial charge is 0.274 e. The maximum absolute atomic E-state index is 13.7. The van der Waals surface area contributed by atoms with Crippen molar-refractivity contribution in [2.24, 2.45) is 23.7 Å². The van der Waals surface area contributed by atoms with Crippen LogP contribution < -0.4 is 0 Å². The molecule has 2 aromatic rings. The first-order valence-electron chi connectivity index (χ1n) is 11.1. The average molecular weight is 643 g/mol. The molecule has 0 aromatic heterocycles. The lowest BCUT2D eigenvalue weighted by Gasteiger charge is -2.31. The van der Waals surface area contributed by atoms with Crippen LogP contribution in [0.5, 0.6) is 0 Å². The molecule has 2 aromatic carbocycles. The minimum Gasteiger partial charge on any atom is -0.292 e. The Kier molecular flexibility index (Phi) is 6.62. The van der Waals surface area contributed by atoms with Gasteiger partial charge in [-0.1, -0.05) is 84.9 Å². The van der Waals surface area contributed by atoms with E-state index < -0.39 is 41.9 Å². The quantitative estimate of drug-likeness (QED) is 0.252. The number of hydrogen-bond acceptors (Lipinski definition) is 4. The Hall–Kier alpha value is -1.74. The molecule has 0 spiro atoms. The fourth-order valence-electron chi connectivity index (χ4n) is 5.57. The van der Waals surface area contributed by atoms with Crippen molar-refractivity contribution in [3.8, 4) is 0 Å². The highest BCUT2D eigenvalue weighted by Gasteiger charge is 2.67. The largest absolute Gasteiger partial charge is 0.292 e. The Bertz CT molecular complexity index is 1220. The van der Waals surface area contributed by atoms with E-state index in [-0.39, 0.29) is 32.1 Å². The van der Waals surface area contributed by atoms with E-state index in [2.05, 4.69) is 31.9 Å². The summed E-state index contributed by atoms with van der Waals surface area (Å²) in [5.74, 6) is -3.14. The normalized spacial score (nSPS) is 29.0. The summed E-state index contributed by atoms with van der Waals surface area (Å²) in [5.41, 5.74) is 1.39. The zero-order valence-corrected chi connectivity index (χ0v) is 23.1. The van der Waals surface area contributed by atoms with Gasteiger partial charge in [-0.3, -0.25) is 19.2 Å². The first-order chi connectivity index (χ1) is 16.6. The molecule has 3 fully saturated rings. The molecular weight excluding hydrogens is 623 g/mol. The van der Waals surface area contributed by atoms with Gasteiger partial charge in [-0.2, -0.15) is 5.01 Å². The molecule has 6 nitrogen and oxygen atoms in total. The van der Waals surface area contributed by atoms with E-state index in [1.54, 1.807) is 24.3 Å². The SMILES string of the molecule is Cc1ccc(C(=O)CN(C(=O)c2ccc(Cl)cc2Cl)N2C(=O)[C@@H]3[C@H]4C[C@@H]([C@H](Br)[C@@H]4Br)[C@@H]3C2=O)cc1. The molecule has 3 aliphatic rings. The maximum atomic E-state index is 13.7. The van der Waals surface area contributed by atoms with Gasteiger partial charge in [0.05, 0.1) is 22.4 Å². The van der Waals surface area contributed by atoms with Crippen LogP contribution in [0.2, 0.25) is 10.0 Å². The van der Waals surface area contributed by atoms with E-state index in [0.29, 0.717) is 10.6 Å². The van der Waals surface area contributed by atoms with E-state index in [4.69, 9.17) is 23.2 Å². The number of carbonyl (C=O) groups excluding carboxylic acids is 4. The maximum Gasteiger partial charge on any atom is 0.274 e. The molecule has 5 rings (SSSR count). The molecule has 3 amide bonds. The second-order valence-electron chi connectivity index (χ2n) is 9.27. The van der Waals surface area contributed by atoms with Crippen LogP contribution in [-0.4, -0.2) is 49.7 Å². The van der Waals surface area contributed by atoms with Gasteiger partial charge in [0, 0.05) is 20.2 Å². The molecule has 6 atom stereocenters. The van der Waals surface area contributed by atoms with Crippen LogP contribution in [0.1, 0.15) is 32.7 Å². The van der Waals surface area contributed by atoms with Crippen molar-refractivity contribution in [1.82, 2.24) is 10.0 Å².